The molecule has 0 N–H and O–H groups in total. The number of benzene rings is 1. The van der Waals surface area contributed by atoms with Gasteiger partial charge in [-0.25, -0.2) is 4.79 Å². The predicted octanol–water partition coefficient (Wildman–Crippen LogP) is 3.75. The van der Waals surface area contributed by atoms with Gasteiger partial charge in [0.15, 0.2) is 0 Å². The minimum absolute atomic E-state index is 0.0142. The summed E-state index contributed by atoms with van der Waals surface area (Å²) in [6.07, 6.45) is 0.814. The molecule has 2 aromatic rings. The van der Waals surface area contributed by atoms with Crippen LogP contribution in [0.5, 0.6) is 5.75 Å². The zero-order chi connectivity index (χ0) is 12.7. The van der Waals surface area contributed by atoms with Gasteiger partial charge in [-0.3, -0.25) is 0 Å². The van der Waals surface area contributed by atoms with Crippen LogP contribution in [-0.2, 0) is 4.74 Å². The molecule has 0 spiro atoms. The van der Waals surface area contributed by atoms with Gasteiger partial charge in [-0.2, -0.15) is 0 Å². The largest absolute Gasteiger partial charge is 0.493 e. The molecular weight excluding hydrogens is 272 g/mol. The summed E-state index contributed by atoms with van der Waals surface area (Å²) >= 11 is 7.68. The van der Waals surface area contributed by atoms with Crippen LogP contribution in [0.25, 0.3) is 10.1 Å². The fourth-order valence-electron chi connectivity index (χ4n) is 2.08. The Labute approximate surface area is 113 Å². The normalized spacial score (nSPS) is 18.2. The zero-order valence-electron chi connectivity index (χ0n) is 9.73. The van der Waals surface area contributed by atoms with Crippen molar-refractivity contribution in [3.63, 3.8) is 0 Å². The van der Waals surface area contributed by atoms with Crippen molar-refractivity contribution in [3.05, 3.63) is 28.6 Å². The summed E-state index contributed by atoms with van der Waals surface area (Å²) in [4.78, 5) is 12.1. The fraction of sp³-hybridized carbons (Fsp3) is 0.308. The molecule has 1 unspecified atom stereocenters. The average Bonchev–Trinajstić information content (AvgIpc) is 2.79. The lowest BCUT2D eigenvalue weighted by Gasteiger charge is -2.21. The quantitative estimate of drug-likeness (QED) is 0.590. The number of rotatable bonds is 1. The van der Waals surface area contributed by atoms with Gasteiger partial charge in [0, 0.05) is 16.7 Å². The first-order valence-electron chi connectivity index (χ1n) is 5.61. The highest BCUT2D eigenvalue weighted by atomic mass is 35.5. The van der Waals surface area contributed by atoms with E-state index >= 15 is 0 Å². The summed E-state index contributed by atoms with van der Waals surface area (Å²) < 4.78 is 11.3. The Hall–Kier alpha value is -1.26. The first-order valence-corrected chi connectivity index (χ1v) is 6.87. The molecule has 5 heteroatoms. The number of carbonyl (C=O) groups is 1. The van der Waals surface area contributed by atoms with Crippen LogP contribution in [0.1, 0.15) is 27.0 Å². The smallest absolute Gasteiger partial charge is 0.348 e. The second-order valence-electron chi connectivity index (χ2n) is 4.13. The summed E-state index contributed by atoms with van der Waals surface area (Å²) in [6, 6.07) is 5.80. The first kappa shape index (κ1) is 11.8. The average molecular weight is 283 g/mol. The van der Waals surface area contributed by atoms with Gasteiger partial charge < -0.3 is 9.47 Å². The molecule has 94 valence electrons. The Morgan fingerprint density at radius 1 is 1.50 bits per heavy atom. The second kappa shape index (κ2) is 4.44. The number of alkyl halides is 1. The molecule has 3 nitrogen and oxygen atoms in total. The molecule has 1 aliphatic heterocycles. The van der Waals surface area contributed by atoms with Crippen LogP contribution in [0.15, 0.2) is 18.2 Å². The molecular formula is C13H11ClO3S. The van der Waals surface area contributed by atoms with E-state index in [0.29, 0.717) is 11.5 Å². The number of halogens is 1. The van der Waals surface area contributed by atoms with Gasteiger partial charge in [-0.1, -0.05) is 0 Å². The molecule has 3 rings (SSSR count). The fourth-order valence-corrected chi connectivity index (χ4v) is 3.34. The number of esters is 1. The number of hydrogen-bond acceptors (Lipinski definition) is 4. The topological polar surface area (TPSA) is 35.5 Å². The summed E-state index contributed by atoms with van der Waals surface area (Å²) in [5.74, 6) is 0.518. The Bertz CT molecular complexity index is 620. The predicted molar refractivity (Wildman–Crippen MR) is 71.9 cm³/mol. The summed E-state index contributed by atoms with van der Waals surface area (Å²) in [7, 11) is 1.38. The van der Waals surface area contributed by atoms with Crippen LogP contribution in [-0.4, -0.2) is 19.7 Å². The molecule has 0 bridgehead atoms. The number of fused-ring (bicyclic) bond motifs is 2. The lowest BCUT2D eigenvalue weighted by atomic mass is 10.0. The molecule has 1 aromatic carbocycles. The molecule has 0 amide bonds. The molecule has 0 radical (unpaired) electrons. The van der Waals surface area contributed by atoms with Gasteiger partial charge >= 0.3 is 5.97 Å². The van der Waals surface area contributed by atoms with E-state index in [9.17, 15) is 4.79 Å². The maximum Gasteiger partial charge on any atom is 0.348 e. The van der Waals surface area contributed by atoms with Crippen LogP contribution in [0, 0.1) is 0 Å². The molecule has 18 heavy (non-hydrogen) atoms. The van der Waals surface area contributed by atoms with Crippen molar-refractivity contribution in [2.45, 2.75) is 11.8 Å². The van der Waals surface area contributed by atoms with Crippen LogP contribution in [0.4, 0.5) is 0 Å². The molecule has 0 aliphatic carbocycles. The van der Waals surface area contributed by atoms with Gasteiger partial charge in [0.25, 0.3) is 0 Å². The Morgan fingerprint density at radius 3 is 3.11 bits per heavy atom. The Morgan fingerprint density at radius 2 is 2.33 bits per heavy atom. The molecule has 2 heterocycles. The molecule has 0 saturated carbocycles. The third kappa shape index (κ3) is 1.85. The van der Waals surface area contributed by atoms with Crippen molar-refractivity contribution in [1.82, 2.24) is 0 Å². The van der Waals surface area contributed by atoms with Crippen LogP contribution in [0.3, 0.4) is 0 Å². The highest BCUT2D eigenvalue weighted by molar-refractivity contribution is 7.20. The van der Waals surface area contributed by atoms with Gasteiger partial charge in [0.1, 0.15) is 10.6 Å². The van der Waals surface area contributed by atoms with Crippen LogP contribution >= 0.6 is 22.9 Å². The number of carbonyl (C=O) groups excluding carboxylic acids is 1. The highest BCUT2D eigenvalue weighted by Gasteiger charge is 2.21. The molecule has 1 aromatic heterocycles. The second-order valence-corrected chi connectivity index (χ2v) is 5.75. The molecule has 0 fully saturated rings. The van der Waals surface area contributed by atoms with Crippen LogP contribution < -0.4 is 4.74 Å². The van der Waals surface area contributed by atoms with Crippen molar-refractivity contribution >= 4 is 39.0 Å². The standard InChI is InChI=1S/C13H11ClO3S/c1-16-13(15)12-5-7-4-8-9(14)2-3-17-10(8)6-11(7)18-12/h4-6,9H,2-3H2,1H3. The van der Waals surface area contributed by atoms with E-state index in [-0.39, 0.29) is 11.3 Å². The maximum atomic E-state index is 11.5. The van der Waals surface area contributed by atoms with E-state index < -0.39 is 0 Å². The number of thiophene rings is 1. The number of ether oxygens (including phenoxy) is 2. The minimum Gasteiger partial charge on any atom is -0.493 e. The maximum absolute atomic E-state index is 11.5. The van der Waals surface area contributed by atoms with Gasteiger partial charge in [0.2, 0.25) is 0 Å². The monoisotopic (exact) mass is 282 g/mol. The van der Waals surface area contributed by atoms with E-state index in [4.69, 9.17) is 21.1 Å². The molecule has 1 atom stereocenters. The molecule has 0 saturated heterocycles. The van der Waals surface area contributed by atoms with Crippen molar-refractivity contribution in [2.24, 2.45) is 0 Å². The van der Waals surface area contributed by atoms with E-state index in [1.54, 1.807) is 0 Å². The van der Waals surface area contributed by atoms with Gasteiger partial charge in [0.05, 0.1) is 19.1 Å². The van der Waals surface area contributed by atoms with E-state index in [2.05, 4.69) is 0 Å². The van der Waals surface area contributed by atoms with Crippen molar-refractivity contribution < 1.29 is 14.3 Å². The van der Waals surface area contributed by atoms with Crippen molar-refractivity contribution in [1.29, 1.82) is 0 Å². The third-order valence-electron chi connectivity index (χ3n) is 3.00. The number of hydrogen-bond donors (Lipinski definition) is 0. The summed E-state index contributed by atoms with van der Waals surface area (Å²) in [5, 5.41) is 0.995. The van der Waals surface area contributed by atoms with Crippen LogP contribution in [0.2, 0.25) is 0 Å². The zero-order valence-corrected chi connectivity index (χ0v) is 11.3. The third-order valence-corrected chi connectivity index (χ3v) is 4.53. The minimum atomic E-state index is -0.308. The first-order chi connectivity index (χ1) is 8.69. The summed E-state index contributed by atoms with van der Waals surface area (Å²) in [6.45, 7) is 0.641. The van der Waals surface area contributed by atoms with E-state index in [1.807, 2.05) is 18.2 Å². The van der Waals surface area contributed by atoms with Crippen molar-refractivity contribution in [2.75, 3.05) is 13.7 Å². The van der Waals surface area contributed by atoms with Gasteiger partial charge in [-0.05, 0) is 23.6 Å². The number of methoxy groups -OCH3 is 1. The van der Waals surface area contributed by atoms with Crippen molar-refractivity contribution in [3.8, 4) is 5.75 Å². The SMILES string of the molecule is COC(=O)c1cc2cc3c(cc2s1)OCCC3Cl. The Kier molecular flexibility index (Phi) is 2.92. The lowest BCUT2D eigenvalue weighted by molar-refractivity contribution is 0.0606. The van der Waals surface area contributed by atoms with E-state index in [1.165, 1.54) is 18.4 Å². The lowest BCUT2D eigenvalue weighted by Crippen LogP contribution is -2.10. The highest BCUT2D eigenvalue weighted by Crippen LogP contribution is 2.40. The van der Waals surface area contributed by atoms with E-state index in [0.717, 1.165) is 27.8 Å². The Balaban J connectivity index is 2.14. The molecule has 1 aliphatic rings. The van der Waals surface area contributed by atoms with Gasteiger partial charge in [-0.15, -0.1) is 22.9 Å². The summed E-state index contributed by atoms with van der Waals surface area (Å²) in [5.41, 5.74) is 1.00.